The average molecular weight is 396 g/mol. The molecule has 0 bridgehead atoms. The highest BCUT2D eigenvalue weighted by molar-refractivity contribution is 5.85. The van der Waals surface area contributed by atoms with E-state index in [-0.39, 0.29) is 36.7 Å². The van der Waals surface area contributed by atoms with Gasteiger partial charge < -0.3 is 20.3 Å². The Morgan fingerprint density at radius 3 is 2.56 bits per heavy atom. The standard InChI is InChI=1S/C20H29N3O3.ClH/c24-19(15-26-18-6-2-1-3-7-18)23-11-8-17(9-12-23)20(25)22-14-16-5-4-10-21-13-16;/h1-3,6-7,16-17,21H,4-5,8-15H2,(H,22,25);1H. The van der Waals surface area contributed by atoms with E-state index in [1.54, 1.807) is 4.90 Å². The first-order valence-electron chi connectivity index (χ1n) is 9.66. The minimum Gasteiger partial charge on any atom is -0.484 e. The van der Waals surface area contributed by atoms with Crippen LogP contribution < -0.4 is 15.4 Å². The van der Waals surface area contributed by atoms with Gasteiger partial charge in [0.1, 0.15) is 5.75 Å². The van der Waals surface area contributed by atoms with Crippen molar-refractivity contribution in [2.24, 2.45) is 11.8 Å². The van der Waals surface area contributed by atoms with Crippen LogP contribution in [-0.2, 0) is 9.59 Å². The molecule has 1 aromatic rings. The molecule has 1 aromatic carbocycles. The number of hydrogen-bond donors (Lipinski definition) is 2. The molecule has 2 heterocycles. The maximum absolute atomic E-state index is 12.4. The van der Waals surface area contributed by atoms with Gasteiger partial charge in [0.25, 0.3) is 5.91 Å². The van der Waals surface area contributed by atoms with E-state index in [0.29, 0.717) is 24.8 Å². The predicted molar refractivity (Wildman–Crippen MR) is 107 cm³/mol. The maximum atomic E-state index is 12.4. The number of likely N-dealkylation sites (tertiary alicyclic amines) is 1. The molecular formula is C20H30ClN3O3. The summed E-state index contributed by atoms with van der Waals surface area (Å²) in [6.45, 7) is 4.14. The fraction of sp³-hybridized carbons (Fsp3) is 0.600. The van der Waals surface area contributed by atoms with Gasteiger partial charge >= 0.3 is 0 Å². The minimum absolute atomic E-state index is 0. The van der Waals surface area contributed by atoms with Crippen LogP contribution in [0.15, 0.2) is 30.3 Å². The fourth-order valence-corrected chi connectivity index (χ4v) is 3.63. The van der Waals surface area contributed by atoms with Crippen molar-refractivity contribution >= 4 is 24.2 Å². The summed E-state index contributed by atoms with van der Waals surface area (Å²) in [4.78, 5) is 26.4. The number of para-hydroxylation sites is 1. The number of nitrogens with one attached hydrogen (secondary N) is 2. The SMILES string of the molecule is Cl.O=C(NCC1CCCNC1)C1CCN(C(=O)COc2ccccc2)CC1. The van der Waals surface area contributed by atoms with Gasteiger partial charge in [0, 0.05) is 25.6 Å². The zero-order valence-corrected chi connectivity index (χ0v) is 16.5. The van der Waals surface area contributed by atoms with E-state index in [0.717, 1.165) is 32.5 Å². The second-order valence-electron chi connectivity index (χ2n) is 7.21. The Hall–Kier alpha value is -1.79. The van der Waals surface area contributed by atoms with Gasteiger partial charge in [-0.2, -0.15) is 0 Å². The molecule has 2 amide bonds. The number of carbonyl (C=O) groups is 2. The first kappa shape index (κ1) is 21.5. The number of hydrogen-bond acceptors (Lipinski definition) is 4. The highest BCUT2D eigenvalue weighted by Gasteiger charge is 2.27. The van der Waals surface area contributed by atoms with Crippen LogP contribution in [0.25, 0.3) is 0 Å². The molecule has 0 spiro atoms. The number of ether oxygens (including phenoxy) is 1. The predicted octanol–water partition coefficient (Wildman–Crippen LogP) is 1.84. The van der Waals surface area contributed by atoms with Crippen LogP contribution >= 0.6 is 12.4 Å². The zero-order valence-electron chi connectivity index (χ0n) is 15.7. The van der Waals surface area contributed by atoms with E-state index >= 15 is 0 Å². The number of rotatable bonds is 6. The Morgan fingerprint density at radius 2 is 1.89 bits per heavy atom. The van der Waals surface area contributed by atoms with E-state index in [1.807, 2.05) is 30.3 Å². The van der Waals surface area contributed by atoms with E-state index in [9.17, 15) is 9.59 Å². The fourth-order valence-electron chi connectivity index (χ4n) is 3.63. The number of halogens is 1. The molecule has 7 heteroatoms. The Morgan fingerprint density at radius 1 is 1.15 bits per heavy atom. The van der Waals surface area contributed by atoms with E-state index in [4.69, 9.17) is 4.74 Å². The third-order valence-corrected chi connectivity index (χ3v) is 5.29. The topological polar surface area (TPSA) is 70.7 Å². The van der Waals surface area contributed by atoms with Crippen molar-refractivity contribution in [3.8, 4) is 5.75 Å². The summed E-state index contributed by atoms with van der Waals surface area (Å²) in [5, 5.41) is 6.48. The molecule has 0 aliphatic carbocycles. The summed E-state index contributed by atoms with van der Waals surface area (Å²) in [5.74, 6) is 1.40. The first-order valence-corrected chi connectivity index (χ1v) is 9.66. The smallest absolute Gasteiger partial charge is 0.260 e. The highest BCUT2D eigenvalue weighted by Crippen LogP contribution is 2.18. The Bertz CT molecular complexity index is 585. The summed E-state index contributed by atoms with van der Waals surface area (Å²) in [6, 6.07) is 9.35. The quantitative estimate of drug-likeness (QED) is 0.771. The van der Waals surface area contributed by atoms with Crippen molar-refractivity contribution in [1.29, 1.82) is 0 Å². The molecule has 0 saturated carbocycles. The van der Waals surface area contributed by atoms with Crippen LogP contribution in [-0.4, -0.2) is 56.0 Å². The molecule has 2 N–H and O–H groups in total. The van der Waals surface area contributed by atoms with Crippen molar-refractivity contribution in [2.75, 3.05) is 39.3 Å². The summed E-state index contributed by atoms with van der Waals surface area (Å²) in [6.07, 6.45) is 3.82. The molecule has 1 atom stereocenters. The third kappa shape index (κ3) is 6.70. The number of benzene rings is 1. The largest absolute Gasteiger partial charge is 0.484 e. The number of piperidine rings is 2. The lowest BCUT2D eigenvalue weighted by Gasteiger charge is -2.32. The van der Waals surface area contributed by atoms with Crippen LogP contribution in [0.1, 0.15) is 25.7 Å². The molecule has 2 aliphatic heterocycles. The Labute approximate surface area is 167 Å². The first-order chi connectivity index (χ1) is 12.7. The Balaban J connectivity index is 0.00000261. The van der Waals surface area contributed by atoms with Crippen LogP contribution in [0.2, 0.25) is 0 Å². The van der Waals surface area contributed by atoms with Crippen molar-refractivity contribution in [3.05, 3.63) is 30.3 Å². The van der Waals surface area contributed by atoms with E-state index in [1.165, 1.54) is 12.8 Å². The molecule has 0 aromatic heterocycles. The van der Waals surface area contributed by atoms with Crippen LogP contribution in [0.3, 0.4) is 0 Å². The normalized spacial score (nSPS) is 20.4. The monoisotopic (exact) mass is 395 g/mol. The lowest BCUT2D eigenvalue weighted by Crippen LogP contribution is -2.46. The van der Waals surface area contributed by atoms with Gasteiger partial charge in [0.2, 0.25) is 5.91 Å². The van der Waals surface area contributed by atoms with Gasteiger partial charge in [0.05, 0.1) is 0 Å². The van der Waals surface area contributed by atoms with Gasteiger partial charge in [0.15, 0.2) is 6.61 Å². The molecule has 2 fully saturated rings. The molecule has 3 rings (SSSR count). The summed E-state index contributed by atoms with van der Waals surface area (Å²) >= 11 is 0. The molecule has 2 saturated heterocycles. The molecule has 1 unspecified atom stereocenters. The summed E-state index contributed by atoms with van der Waals surface area (Å²) in [7, 11) is 0. The molecular weight excluding hydrogens is 366 g/mol. The summed E-state index contributed by atoms with van der Waals surface area (Å²) < 4.78 is 5.52. The van der Waals surface area contributed by atoms with Crippen LogP contribution in [0.4, 0.5) is 0 Å². The zero-order chi connectivity index (χ0) is 18.2. The lowest BCUT2D eigenvalue weighted by atomic mass is 9.95. The van der Waals surface area contributed by atoms with Gasteiger partial charge in [-0.1, -0.05) is 18.2 Å². The van der Waals surface area contributed by atoms with Crippen molar-refractivity contribution in [2.45, 2.75) is 25.7 Å². The van der Waals surface area contributed by atoms with Gasteiger partial charge in [-0.05, 0) is 56.8 Å². The van der Waals surface area contributed by atoms with Gasteiger partial charge in [-0.3, -0.25) is 9.59 Å². The molecule has 150 valence electrons. The highest BCUT2D eigenvalue weighted by atomic mass is 35.5. The number of carbonyl (C=O) groups excluding carboxylic acids is 2. The van der Waals surface area contributed by atoms with Crippen LogP contribution in [0, 0.1) is 11.8 Å². The number of amides is 2. The second kappa shape index (κ2) is 11.1. The van der Waals surface area contributed by atoms with Crippen molar-refractivity contribution < 1.29 is 14.3 Å². The Kier molecular flexibility index (Phi) is 8.88. The molecule has 2 aliphatic rings. The van der Waals surface area contributed by atoms with Crippen LogP contribution in [0.5, 0.6) is 5.75 Å². The van der Waals surface area contributed by atoms with E-state index in [2.05, 4.69) is 10.6 Å². The minimum atomic E-state index is -0.0130. The van der Waals surface area contributed by atoms with Gasteiger partial charge in [-0.25, -0.2) is 0 Å². The average Bonchev–Trinajstić information content (AvgIpc) is 2.72. The van der Waals surface area contributed by atoms with Gasteiger partial charge in [-0.15, -0.1) is 12.4 Å². The molecule has 6 nitrogen and oxygen atoms in total. The lowest BCUT2D eigenvalue weighted by molar-refractivity contribution is -0.137. The molecule has 0 radical (unpaired) electrons. The molecule has 27 heavy (non-hydrogen) atoms. The summed E-state index contributed by atoms with van der Waals surface area (Å²) in [5.41, 5.74) is 0. The van der Waals surface area contributed by atoms with E-state index < -0.39 is 0 Å². The van der Waals surface area contributed by atoms with Crippen molar-refractivity contribution in [3.63, 3.8) is 0 Å². The van der Waals surface area contributed by atoms with Crippen molar-refractivity contribution in [1.82, 2.24) is 15.5 Å². The number of nitrogens with zero attached hydrogens (tertiary/aromatic N) is 1. The second-order valence-corrected chi connectivity index (χ2v) is 7.21. The third-order valence-electron chi connectivity index (χ3n) is 5.29. The maximum Gasteiger partial charge on any atom is 0.260 e.